The second-order valence-electron chi connectivity index (χ2n) is 8.68. The van der Waals surface area contributed by atoms with E-state index < -0.39 is 0 Å². The average Bonchev–Trinajstić information content (AvgIpc) is 3.34. The number of nitrogens with zero attached hydrogens (tertiary/aromatic N) is 6. The first-order chi connectivity index (χ1) is 18.2. The number of rotatable bonds is 7. The van der Waals surface area contributed by atoms with Gasteiger partial charge in [-0.2, -0.15) is 5.10 Å². The molecule has 0 unspecified atom stereocenters. The van der Waals surface area contributed by atoms with Crippen LogP contribution in [0.1, 0.15) is 5.69 Å². The van der Waals surface area contributed by atoms with Crippen LogP contribution in [-0.4, -0.2) is 68.4 Å². The van der Waals surface area contributed by atoms with Crippen LogP contribution in [0.2, 0.25) is 0 Å². The van der Waals surface area contributed by atoms with E-state index in [-0.39, 0.29) is 12.5 Å². The molecular weight excluding hydrogens is 470 g/mol. The molecule has 4 heterocycles. The fourth-order valence-corrected chi connectivity index (χ4v) is 4.41. The van der Waals surface area contributed by atoms with Crippen LogP contribution in [0.15, 0.2) is 73.3 Å². The Bertz CT molecular complexity index is 1540. The highest BCUT2D eigenvalue weighted by molar-refractivity contribution is 5.96. The van der Waals surface area contributed by atoms with Crippen molar-refractivity contribution in [3.05, 3.63) is 79.0 Å². The maximum Gasteiger partial charge on any atom is 0.260 e. The molecule has 1 amide bonds. The summed E-state index contributed by atoms with van der Waals surface area (Å²) in [6.07, 6.45) is 5.13. The van der Waals surface area contributed by atoms with E-state index in [9.17, 15) is 4.79 Å². The molecule has 186 valence electrons. The fraction of sp³-hybridized carbons (Fsp3) is 0.222. The summed E-state index contributed by atoms with van der Waals surface area (Å²) in [6, 6.07) is 17.5. The lowest BCUT2D eigenvalue weighted by molar-refractivity contribution is -0.137. The molecule has 3 aromatic heterocycles. The summed E-state index contributed by atoms with van der Waals surface area (Å²) in [5.41, 5.74) is 3.53. The van der Waals surface area contributed by atoms with Crippen molar-refractivity contribution in [1.82, 2.24) is 29.6 Å². The zero-order valence-electron chi connectivity index (χ0n) is 20.1. The number of amides is 1. The molecule has 1 fully saturated rings. The average molecular weight is 496 g/mol. The molecule has 1 N–H and O–H groups in total. The molecule has 1 aliphatic heterocycles. The molecule has 5 aromatic rings. The number of carbonyl (C=O) groups excluding carboxylic acids is 1. The van der Waals surface area contributed by atoms with Gasteiger partial charge < -0.3 is 19.7 Å². The second-order valence-corrected chi connectivity index (χ2v) is 8.68. The molecule has 6 rings (SSSR count). The number of ether oxygens (including phenoxy) is 2. The summed E-state index contributed by atoms with van der Waals surface area (Å²) < 4.78 is 13.2. The van der Waals surface area contributed by atoms with Gasteiger partial charge in [0, 0.05) is 30.4 Å². The monoisotopic (exact) mass is 495 g/mol. The molecule has 0 aliphatic carbocycles. The number of fused-ring (bicyclic) bond motifs is 2. The number of pyridine rings is 1. The maximum atomic E-state index is 12.6. The van der Waals surface area contributed by atoms with Crippen molar-refractivity contribution in [1.29, 1.82) is 0 Å². The highest BCUT2D eigenvalue weighted by atomic mass is 16.5. The van der Waals surface area contributed by atoms with E-state index in [1.54, 1.807) is 11.1 Å². The molecule has 10 nitrogen and oxygen atoms in total. The first-order valence-electron chi connectivity index (χ1n) is 12.1. The van der Waals surface area contributed by atoms with Gasteiger partial charge in [0.25, 0.3) is 5.91 Å². The third-order valence-electron chi connectivity index (χ3n) is 6.28. The minimum atomic E-state index is -0.0696. The normalized spacial score (nSPS) is 13.7. The Kier molecular flexibility index (Phi) is 6.30. The van der Waals surface area contributed by atoms with E-state index >= 15 is 0 Å². The Morgan fingerprint density at radius 1 is 1.03 bits per heavy atom. The summed E-state index contributed by atoms with van der Waals surface area (Å²) in [5, 5.41) is 9.64. The fourth-order valence-electron chi connectivity index (χ4n) is 4.41. The summed E-state index contributed by atoms with van der Waals surface area (Å²) >= 11 is 0. The third-order valence-corrected chi connectivity index (χ3v) is 6.28. The van der Waals surface area contributed by atoms with Gasteiger partial charge in [0.05, 0.1) is 48.1 Å². The van der Waals surface area contributed by atoms with Crippen molar-refractivity contribution in [3.63, 3.8) is 0 Å². The van der Waals surface area contributed by atoms with Gasteiger partial charge in [-0.15, -0.1) is 0 Å². The highest BCUT2D eigenvalue weighted by Gasteiger charge is 2.18. The molecule has 0 atom stereocenters. The number of hydrogen-bond donors (Lipinski definition) is 1. The van der Waals surface area contributed by atoms with Crippen LogP contribution in [0.5, 0.6) is 5.75 Å². The molecule has 10 heteroatoms. The van der Waals surface area contributed by atoms with Crippen LogP contribution >= 0.6 is 0 Å². The molecule has 37 heavy (non-hydrogen) atoms. The van der Waals surface area contributed by atoms with E-state index in [4.69, 9.17) is 9.47 Å². The Balaban J connectivity index is 1.24. The number of nitrogens with one attached hydrogen (secondary N) is 1. The van der Waals surface area contributed by atoms with Crippen LogP contribution in [0.4, 0.5) is 11.5 Å². The SMILES string of the molecule is O=C(COc1cccc2ncnc(Nc3ccc4c(cnn4Cc4ccccn4)c3)c12)N1CCOCC1. The predicted octanol–water partition coefficient (Wildman–Crippen LogP) is 3.40. The minimum Gasteiger partial charge on any atom is -0.483 e. The predicted molar refractivity (Wildman–Crippen MR) is 139 cm³/mol. The number of anilines is 2. The van der Waals surface area contributed by atoms with Gasteiger partial charge in [0.15, 0.2) is 6.61 Å². The molecular formula is C27H25N7O3. The van der Waals surface area contributed by atoms with Crippen LogP contribution < -0.4 is 10.1 Å². The maximum absolute atomic E-state index is 12.6. The molecule has 1 saturated heterocycles. The Morgan fingerprint density at radius 2 is 1.95 bits per heavy atom. The smallest absolute Gasteiger partial charge is 0.260 e. The molecule has 0 bridgehead atoms. The Labute approximate surface area is 212 Å². The molecule has 0 saturated carbocycles. The molecule has 2 aromatic carbocycles. The lowest BCUT2D eigenvalue weighted by Gasteiger charge is -2.26. The second kappa shape index (κ2) is 10.2. The van der Waals surface area contributed by atoms with Gasteiger partial charge in [-0.3, -0.25) is 14.5 Å². The number of carbonyl (C=O) groups is 1. The summed E-state index contributed by atoms with van der Waals surface area (Å²) in [4.78, 5) is 27.6. The van der Waals surface area contributed by atoms with Gasteiger partial charge in [0.1, 0.15) is 17.9 Å². The van der Waals surface area contributed by atoms with Crippen LogP contribution in [0, 0.1) is 0 Å². The quantitative estimate of drug-likeness (QED) is 0.366. The van der Waals surface area contributed by atoms with E-state index in [1.807, 2.05) is 65.5 Å². The van der Waals surface area contributed by atoms with Crippen molar-refractivity contribution < 1.29 is 14.3 Å². The largest absolute Gasteiger partial charge is 0.483 e. The Hall–Kier alpha value is -4.57. The highest BCUT2D eigenvalue weighted by Crippen LogP contribution is 2.32. The van der Waals surface area contributed by atoms with Crippen LogP contribution in [0.25, 0.3) is 21.8 Å². The van der Waals surface area contributed by atoms with Crippen LogP contribution in [-0.2, 0) is 16.1 Å². The number of hydrogen-bond acceptors (Lipinski definition) is 8. The van der Waals surface area contributed by atoms with Gasteiger partial charge in [-0.05, 0) is 42.5 Å². The van der Waals surface area contributed by atoms with Crippen molar-refractivity contribution in [2.75, 3.05) is 38.2 Å². The van der Waals surface area contributed by atoms with E-state index in [2.05, 4.69) is 25.4 Å². The lowest BCUT2D eigenvalue weighted by atomic mass is 10.2. The van der Waals surface area contributed by atoms with Crippen molar-refractivity contribution in [2.45, 2.75) is 6.54 Å². The zero-order chi connectivity index (χ0) is 25.0. The third kappa shape index (κ3) is 4.91. The number of aromatic nitrogens is 5. The van der Waals surface area contributed by atoms with E-state index in [1.165, 1.54) is 6.33 Å². The zero-order valence-corrected chi connectivity index (χ0v) is 20.1. The first-order valence-corrected chi connectivity index (χ1v) is 12.1. The summed E-state index contributed by atoms with van der Waals surface area (Å²) in [6.45, 7) is 2.79. The van der Waals surface area contributed by atoms with Gasteiger partial charge in [-0.1, -0.05) is 12.1 Å². The number of benzene rings is 2. The van der Waals surface area contributed by atoms with E-state index in [0.29, 0.717) is 49.8 Å². The van der Waals surface area contributed by atoms with Crippen molar-refractivity contribution in [3.8, 4) is 5.75 Å². The van der Waals surface area contributed by atoms with Crippen molar-refractivity contribution in [2.24, 2.45) is 0 Å². The lowest BCUT2D eigenvalue weighted by Crippen LogP contribution is -2.43. The van der Waals surface area contributed by atoms with Gasteiger partial charge >= 0.3 is 0 Å². The molecule has 0 spiro atoms. The first kappa shape index (κ1) is 22.9. The van der Waals surface area contributed by atoms with Crippen molar-refractivity contribution >= 4 is 39.2 Å². The summed E-state index contributed by atoms with van der Waals surface area (Å²) in [7, 11) is 0. The minimum absolute atomic E-state index is 0.0607. The topological polar surface area (TPSA) is 107 Å². The van der Waals surface area contributed by atoms with E-state index in [0.717, 1.165) is 27.8 Å². The van der Waals surface area contributed by atoms with Gasteiger partial charge in [-0.25, -0.2) is 9.97 Å². The van der Waals surface area contributed by atoms with Crippen LogP contribution in [0.3, 0.4) is 0 Å². The standard InChI is InChI=1S/C27H25N7O3/c35-25(33-10-12-36-13-11-33)17-37-24-6-3-5-22-26(24)27(30-18-29-22)32-20-7-8-23-19(14-20)15-31-34(23)16-21-4-1-2-9-28-21/h1-9,14-15,18H,10-13,16-17H2,(H,29,30,32). The number of morpholine rings is 1. The summed E-state index contributed by atoms with van der Waals surface area (Å²) in [5.74, 6) is 1.07. The molecule has 1 aliphatic rings. The molecule has 0 radical (unpaired) electrons. The Morgan fingerprint density at radius 3 is 2.81 bits per heavy atom. The van der Waals surface area contributed by atoms with Gasteiger partial charge in [0.2, 0.25) is 0 Å².